The van der Waals surface area contributed by atoms with Crippen LogP contribution in [0.2, 0.25) is 10.0 Å². The monoisotopic (exact) mass is 718 g/mol. The molecule has 11 nitrogen and oxygen atoms in total. The van der Waals surface area contributed by atoms with Gasteiger partial charge in [0.25, 0.3) is 5.91 Å². The topological polar surface area (TPSA) is 137 Å². The number of ether oxygens (including phenoxy) is 4. The van der Waals surface area contributed by atoms with Crippen LogP contribution in [0.1, 0.15) is 36.6 Å². The fourth-order valence-corrected chi connectivity index (χ4v) is 5.53. The Bertz CT molecular complexity index is 1660. The zero-order valence-electron chi connectivity index (χ0n) is 24.4. The molecule has 3 N–H and O–H groups in total. The number of halogens is 3. The molecule has 1 atom stereocenters. The van der Waals surface area contributed by atoms with Gasteiger partial charge in [0.15, 0.2) is 18.1 Å². The molecule has 236 valence electrons. The Balaban J connectivity index is 1.41. The molecule has 0 saturated heterocycles. The Morgan fingerprint density at radius 2 is 1.87 bits per heavy atom. The van der Waals surface area contributed by atoms with Gasteiger partial charge in [0.1, 0.15) is 12.4 Å². The summed E-state index contributed by atoms with van der Waals surface area (Å²) < 4.78 is 22.9. The van der Waals surface area contributed by atoms with Crippen molar-refractivity contribution in [2.75, 3.05) is 20.3 Å². The van der Waals surface area contributed by atoms with Crippen LogP contribution in [0.5, 0.6) is 17.2 Å². The summed E-state index contributed by atoms with van der Waals surface area (Å²) in [6, 6.07) is 14.2. The number of rotatable bonds is 12. The van der Waals surface area contributed by atoms with E-state index in [4.69, 9.17) is 42.1 Å². The van der Waals surface area contributed by atoms with Gasteiger partial charge in [0.05, 0.1) is 36.0 Å². The molecule has 0 unspecified atom stereocenters. The van der Waals surface area contributed by atoms with E-state index in [1.165, 1.54) is 13.3 Å². The zero-order chi connectivity index (χ0) is 32.5. The molecule has 45 heavy (non-hydrogen) atoms. The highest BCUT2D eigenvalue weighted by Crippen LogP contribution is 2.35. The third kappa shape index (κ3) is 8.90. The van der Waals surface area contributed by atoms with E-state index in [0.717, 1.165) is 5.56 Å². The molecule has 14 heteroatoms. The first-order chi connectivity index (χ1) is 21.6. The average molecular weight is 720 g/mol. The normalized spacial score (nSPS) is 14.4. The molecule has 3 aromatic rings. The van der Waals surface area contributed by atoms with E-state index in [1.807, 2.05) is 12.1 Å². The van der Waals surface area contributed by atoms with Crippen LogP contribution < -0.4 is 30.3 Å². The first-order valence-electron chi connectivity index (χ1n) is 13.5. The van der Waals surface area contributed by atoms with E-state index in [1.54, 1.807) is 56.3 Å². The standard InChI is InChI=1S/C31H29BrCl2N4O7/c1-4-43-30(40)27-17(2)36-31(41)37-28(27)19-8-9-24(25(12-19)42-3)44-16-26(39)38-35-14-20-11-22(34)13-23(32)29(20)45-15-18-6-5-7-21(33)10-18/h5-14,28H,4,15-16H2,1-3H3,(H,38,39)(H2,36,37,41)/b35-14+/t28-/m0/s1. The largest absolute Gasteiger partial charge is 0.493 e. The number of nitrogens with zero attached hydrogens (tertiary/aromatic N) is 1. The van der Waals surface area contributed by atoms with Crippen molar-refractivity contribution in [3.05, 3.63) is 97.1 Å². The third-order valence-corrected chi connectivity index (χ3v) is 7.39. The van der Waals surface area contributed by atoms with Crippen LogP contribution in [-0.4, -0.2) is 44.4 Å². The summed E-state index contributed by atoms with van der Waals surface area (Å²) in [6.07, 6.45) is 1.40. The van der Waals surface area contributed by atoms with Gasteiger partial charge >= 0.3 is 12.0 Å². The van der Waals surface area contributed by atoms with Crippen LogP contribution in [0.3, 0.4) is 0 Å². The number of benzene rings is 3. The fraction of sp³-hybridized carbons (Fsp3) is 0.226. The van der Waals surface area contributed by atoms with E-state index in [0.29, 0.717) is 37.1 Å². The number of esters is 1. The Morgan fingerprint density at radius 3 is 2.60 bits per heavy atom. The number of urea groups is 1. The number of hydrogen-bond acceptors (Lipinski definition) is 8. The zero-order valence-corrected chi connectivity index (χ0v) is 27.5. The van der Waals surface area contributed by atoms with Gasteiger partial charge in [-0.25, -0.2) is 15.0 Å². The van der Waals surface area contributed by atoms with Crippen molar-refractivity contribution in [3.8, 4) is 17.2 Å². The minimum atomic E-state index is -0.788. The quantitative estimate of drug-likeness (QED) is 0.118. The van der Waals surface area contributed by atoms with Crippen molar-refractivity contribution in [1.82, 2.24) is 16.1 Å². The predicted octanol–water partition coefficient (Wildman–Crippen LogP) is 6.06. The molecule has 1 aliphatic rings. The molecule has 0 radical (unpaired) electrons. The van der Waals surface area contributed by atoms with E-state index in [2.05, 4.69) is 37.1 Å². The molecule has 3 amide bonds. The third-order valence-electron chi connectivity index (χ3n) is 6.35. The highest BCUT2D eigenvalue weighted by molar-refractivity contribution is 9.10. The number of nitrogens with one attached hydrogen (secondary N) is 3. The Morgan fingerprint density at radius 1 is 1.07 bits per heavy atom. The smallest absolute Gasteiger partial charge is 0.338 e. The second kappa shape index (κ2) is 15.6. The molecule has 4 rings (SSSR count). The second-order valence-electron chi connectivity index (χ2n) is 9.51. The molecule has 0 saturated carbocycles. The first kappa shape index (κ1) is 33.6. The lowest BCUT2D eigenvalue weighted by Gasteiger charge is -2.28. The van der Waals surface area contributed by atoms with E-state index >= 15 is 0 Å². The number of methoxy groups -OCH3 is 1. The number of hydrogen-bond donors (Lipinski definition) is 3. The predicted molar refractivity (Wildman–Crippen MR) is 173 cm³/mol. The molecule has 0 aliphatic carbocycles. The van der Waals surface area contributed by atoms with E-state index in [9.17, 15) is 14.4 Å². The molecule has 0 aromatic heterocycles. The Kier molecular flexibility index (Phi) is 11.7. The van der Waals surface area contributed by atoms with E-state index < -0.39 is 23.9 Å². The first-order valence-corrected chi connectivity index (χ1v) is 15.1. The summed E-state index contributed by atoms with van der Waals surface area (Å²) in [6.45, 7) is 3.34. The second-order valence-corrected chi connectivity index (χ2v) is 11.2. The minimum absolute atomic E-state index is 0.175. The minimum Gasteiger partial charge on any atom is -0.493 e. The number of carbonyl (C=O) groups excluding carboxylic acids is 3. The molecule has 0 bridgehead atoms. The number of carbonyl (C=O) groups is 3. The van der Waals surface area contributed by atoms with Gasteiger partial charge in [-0.15, -0.1) is 0 Å². The van der Waals surface area contributed by atoms with Gasteiger partial charge in [0, 0.05) is 21.3 Å². The van der Waals surface area contributed by atoms with Crippen molar-refractivity contribution in [3.63, 3.8) is 0 Å². The Hall–Kier alpha value is -4.26. The van der Waals surface area contributed by atoms with Crippen molar-refractivity contribution < 1.29 is 33.3 Å². The summed E-state index contributed by atoms with van der Waals surface area (Å²) in [5, 5.41) is 10.4. The maximum atomic E-state index is 12.6. The summed E-state index contributed by atoms with van der Waals surface area (Å²) in [7, 11) is 1.43. The maximum Gasteiger partial charge on any atom is 0.338 e. The highest BCUT2D eigenvalue weighted by atomic mass is 79.9. The van der Waals surface area contributed by atoms with Crippen LogP contribution in [0.15, 0.2) is 75.4 Å². The van der Waals surface area contributed by atoms with Crippen molar-refractivity contribution >= 4 is 63.3 Å². The van der Waals surface area contributed by atoms with Crippen LogP contribution in [0.25, 0.3) is 0 Å². The summed E-state index contributed by atoms with van der Waals surface area (Å²) in [5.74, 6) is -0.0978. The van der Waals surface area contributed by atoms with Gasteiger partial charge < -0.3 is 29.6 Å². The van der Waals surface area contributed by atoms with Crippen LogP contribution in [0.4, 0.5) is 4.79 Å². The molecule has 1 heterocycles. The Labute approximate surface area is 278 Å². The van der Waals surface area contributed by atoms with Crippen molar-refractivity contribution in [1.29, 1.82) is 0 Å². The number of amides is 3. The summed E-state index contributed by atoms with van der Waals surface area (Å²) in [5.41, 5.74) is 4.98. The van der Waals surface area contributed by atoms with Gasteiger partial charge in [-0.3, -0.25) is 4.79 Å². The lowest BCUT2D eigenvalue weighted by molar-refractivity contribution is -0.139. The van der Waals surface area contributed by atoms with Crippen LogP contribution in [-0.2, 0) is 20.9 Å². The van der Waals surface area contributed by atoms with Gasteiger partial charge in [0.2, 0.25) is 0 Å². The van der Waals surface area contributed by atoms with Gasteiger partial charge in [-0.05, 0) is 77.3 Å². The van der Waals surface area contributed by atoms with Crippen molar-refractivity contribution in [2.45, 2.75) is 26.5 Å². The van der Waals surface area contributed by atoms with Gasteiger partial charge in [-0.1, -0.05) is 41.4 Å². The summed E-state index contributed by atoms with van der Waals surface area (Å²) >= 11 is 15.8. The highest BCUT2D eigenvalue weighted by Gasteiger charge is 2.32. The SMILES string of the molecule is CCOC(=O)C1=C(C)NC(=O)N[C@H]1c1ccc(OCC(=O)N/N=C/c2cc(Cl)cc(Br)c2OCc2cccc(Cl)c2)c(OC)c1. The van der Waals surface area contributed by atoms with Crippen LogP contribution >= 0.6 is 39.1 Å². The molecular formula is C31H29BrCl2N4O7. The molecular weight excluding hydrogens is 691 g/mol. The molecule has 0 spiro atoms. The molecule has 1 aliphatic heterocycles. The lowest BCUT2D eigenvalue weighted by Crippen LogP contribution is -2.45. The van der Waals surface area contributed by atoms with Gasteiger partial charge in [-0.2, -0.15) is 5.10 Å². The fourth-order valence-electron chi connectivity index (χ4n) is 4.37. The van der Waals surface area contributed by atoms with E-state index in [-0.39, 0.29) is 36.9 Å². The average Bonchev–Trinajstić information content (AvgIpc) is 2.99. The van der Waals surface area contributed by atoms with Crippen molar-refractivity contribution in [2.24, 2.45) is 5.10 Å². The maximum absolute atomic E-state index is 12.6. The molecule has 3 aromatic carbocycles. The number of hydrazone groups is 1. The number of allylic oxidation sites excluding steroid dienone is 1. The summed E-state index contributed by atoms with van der Waals surface area (Å²) in [4.78, 5) is 37.4. The van der Waals surface area contributed by atoms with Crippen LogP contribution in [0, 0.1) is 0 Å². The molecule has 0 fully saturated rings. The lowest BCUT2D eigenvalue weighted by atomic mass is 9.95.